The summed E-state index contributed by atoms with van der Waals surface area (Å²) < 4.78 is 5.46. The first kappa shape index (κ1) is 17.0. The zero-order valence-electron chi connectivity index (χ0n) is 13.4. The van der Waals surface area contributed by atoms with E-state index in [1.165, 1.54) is 5.56 Å². The second-order valence-electron chi connectivity index (χ2n) is 5.36. The Hall–Kier alpha value is -2.33. The number of rotatable bonds is 5. The lowest BCUT2D eigenvalue weighted by molar-refractivity contribution is -0.123. The molecular weight excluding hydrogens is 312 g/mol. The van der Waals surface area contributed by atoms with Crippen molar-refractivity contribution in [3.05, 3.63) is 63.7 Å². The van der Waals surface area contributed by atoms with Gasteiger partial charge in [-0.05, 0) is 49.6 Å². The Labute approximate surface area is 141 Å². The zero-order chi connectivity index (χ0) is 16.8. The van der Waals surface area contributed by atoms with E-state index >= 15 is 0 Å². The van der Waals surface area contributed by atoms with E-state index in [1.54, 1.807) is 18.3 Å². The molecule has 4 nitrogen and oxygen atoms in total. The molecule has 0 aliphatic heterocycles. The molecule has 5 heteroatoms. The summed E-state index contributed by atoms with van der Waals surface area (Å²) in [7, 11) is 0. The third kappa shape index (κ3) is 5.11. The van der Waals surface area contributed by atoms with E-state index in [9.17, 15) is 4.79 Å². The Morgan fingerprint density at radius 2 is 1.78 bits per heavy atom. The molecule has 1 N–H and O–H groups in total. The molecule has 0 aliphatic rings. The van der Waals surface area contributed by atoms with Crippen LogP contribution in [0, 0.1) is 20.8 Å². The minimum atomic E-state index is -0.321. The third-order valence-electron chi connectivity index (χ3n) is 3.26. The molecule has 0 aliphatic carbocycles. The van der Waals surface area contributed by atoms with Gasteiger partial charge in [0.15, 0.2) is 6.61 Å². The number of ether oxygens (including phenoxy) is 1. The second-order valence-corrected chi connectivity index (χ2v) is 5.74. The Balaban J connectivity index is 1.84. The normalized spacial score (nSPS) is 10.8. The number of nitrogens with zero attached hydrogens (tertiary/aromatic N) is 1. The monoisotopic (exact) mass is 330 g/mol. The van der Waals surface area contributed by atoms with Gasteiger partial charge in [0.05, 0.1) is 6.21 Å². The van der Waals surface area contributed by atoms with Crippen molar-refractivity contribution >= 4 is 23.7 Å². The smallest absolute Gasteiger partial charge is 0.277 e. The van der Waals surface area contributed by atoms with Crippen molar-refractivity contribution in [2.75, 3.05) is 6.61 Å². The van der Waals surface area contributed by atoms with E-state index in [-0.39, 0.29) is 12.5 Å². The zero-order valence-corrected chi connectivity index (χ0v) is 14.1. The summed E-state index contributed by atoms with van der Waals surface area (Å²) in [6.45, 7) is 5.70. The number of hydrogen-bond donors (Lipinski definition) is 1. The Kier molecular flexibility index (Phi) is 5.77. The highest BCUT2D eigenvalue weighted by molar-refractivity contribution is 6.32. The first-order chi connectivity index (χ1) is 11.0. The van der Waals surface area contributed by atoms with Gasteiger partial charge in [-0.3, -0.25) is 4.79 Å². The number of hydrazone groups is 1. The first-order valence-electron chi connectivity index (χ1n) is 7.24. The van der Waals surface area contributed by atoms with Crippen molar-refractivity contribution < 1.29 is 9.53 Å². The molecule has 0 radical (unpaired) electrons. The van der Waals surface area contributed by atoms with Crippen molar-refractivity contribution in [1.29, 1.82) is 0 Å². The van der Waals surface area contributed by atoms with E-state index < -0.39 is 0 Å². The maximum atomic E-state index is 11.7. The van der Waals surface area contributed by atoms with Crippen LogP contribution in [0.25, 0.3) is 0 Å². The number of halogens is 1. The molecule has 0 heterocycles. The van der Waals surface area contributed by atoms with Crippen LogP contribution in [0.1, 0.15) is 22.3 Å². The van der Waals surface area contributed by atoms with Crippen LogP contribution < -0.4 is 10.2 Å². The summed E-state index contributed by atoms with van der Waals surface area (Å²) in [5.41, 5.74) is 6.36. The lowest BCUT2D eigenvalue weighted by Crippen LogP contribution is -2.24. The molecule has 2 rings (SSSR count). The molecule has 0 bridgehead atoms. The molecule has 0 fully saturated rings. The summed E-state index contributed by atoms with van der Waals surface area (Å²) >= 11 is 6.09. The number of carbonyl (C=O) groups excluding carboxylic acids is 1. The SMILES string of the molecule is Cc1ccc(/C=N/NC(=O)COc2cc(C)c(Cl)c(C)c2)cc1. The lowest BCUT2D eigenvalue weighted by Gasteiger charge is -2.09. The second kappa shape index (κ2) is 7.79. The molecule has 0 aromatic heterocycles. The number of carbonyl (C=O) groups is 1. The summed E-state index contributed by atoms with van der Waals surface area (Å²) in [5, 5.41) is 4.62. The number of nitrogens with one attached hydrogen (secondary N) is 1. The largest absolute Gasteiger partial charge is 0.484 e. The highest BCUT2D eigenvalue weighted by Crippen LogP contribution is 2.25. The molecule has 0 saturated carbocycles. The molecule has 2 aromatic rings. The van der Waals surface area contributed by atoms with E-state index in [0.717, 1.165) is 16.7 Å². The standard InChI is InChI=1S/C18H19ClN2O2/c1-12-4-6-15(7-5-12)10-20-21-17(22)11-23-16-8-13(2)18(19)14(3)9-16/h4-10H,11H2,1-3H3,(H,21,22)/b20-10+. The van der Waals surface area contributed by atoms with Gasteiger partial charge in [-0.1, -0.05) is 41.4 Å². The predicted octanol–water partition coefficient (Wildman–Crippen LogP) is 3.79. The predicted molar refractivity (Wildman–Crippen MR) is 93.3 cm³/mol. The van der Waals surface area contributed by atoms with Gasteiger partial charge in [-0.15, -0.1) is 0 Å². The maximum absolute atomic E-state index is 11.7. The van der Waals surface area contributed by atoms with Crippen molar-refractivity contribution in [3.8, 4) is 5.75 Å². The number of aryl methyl sites for hydroxylation is 3. The summed E-state index contributed by atoms with van der Waals surface area (Å²) in [5.74, 6) is 0.292. The summed E-state index contributed by atoms with van der Waals surface area (Å²) in [6.07, 6.45) is 1.59. The number of amides is 1. The van der Waals surface area contributed by atoms with Crippen molar-refractivity contribution in [2.24, 2.45) is 5.10 Å². The van der Waals surface area contributed by atoms with Crippen molar-refractivity contribution in [3.63, 3.8) is 0 Å². The van der Waals surface area contributed by atoms with E-state index in [2.05, 4.69) is 10.5 Å². The van der Waals surface area contributed by atoms with Crippen LogP contribution in [0.2, 0.25) is 5.02 Å². The Bertz CT molecular complexity index is 701. The van der Waals surface area contributed by atoms with Crippen LogP contribution in [-0.4, -0.2) is 18.7 Å². The highest BCUT2D eigenvalue weighted by Gasteiger charge is 2.06. The van der Waals surface area contributed by atoms with Gasteiger partial charge in [0.25, 0.3) is 5.91 Å². The lowest BCUT2D eigenvalue weighted by atomic mass is 10.1. The van der Waals surface area contributed by atoms with Crippen LogP contribution >= 0.6 is 11.6 Å². The van der Waals surface area contributed by atoms with Crippen LogP contribution in [0.15, 0.2) is 41.5 Å². The molecule has 0 spiro atoms. The van der Waals surface area contributed by atoms with E-state index in [4.69, 9.17) is 16.3 Å². The van der Waals surface area contributed by atoms with Crippen LogP contribution in [-0.2, 0) is 4.79 Å². The fourth-order valence-electron chi connectivity index (χ4n) is 2.00. The maximum Gasteiger partial charge on any atom is 0.277 e. The highest BCUT2D eigenvalue weighted by atomic mass is 35.5. The summed E-state index contributed by atoms with van der Waals surface area (Å²) in [6, 6.07) is 11.4. The van der Waals surface area contributed by atoms with Crippen molar-refractivity contribution in [2.45, 2.75) is 20.8 Å². The third-order valence-corrected chi connectivity index (χ3v) is 3.86. The summed E-state index contributed by atoms with van der Waals surface area (Å²) in [4.78, 5) is 11.7. The number of hydrogen-bond acceptors (Lipinski definition) is 3. The van der Waals surface area contributed by atoms with Crippen molar-refractivity contribution in [1.82, 2.24) is 5.43 Å². The van der Waals surface area contributed by atoms with E-state index in [1.807, 2.05) is 45.0 Å². The molecule has 0 unspecified atom stereocenters. The van der Waals surface area contributed by atoms with Crippen LogP contribution in [0.3, 0.4) is 0 Å². The van der Waals surface area contributed by atoms with Gasteiger partial charge in [0, 0.05) is 5.02 Å². The Morgan fingerprint density at radius 3 is 2.39 bits per heavy atom. The van der Waals surface area contributed by atoms with Crippen LogP contribution in [0.5, 0.6) is 5.75 Å². The van der Waals surface area contributed by atoms with Gasteiger partial charge >= 0.3 is 0 Å². The molecule has 23 heavy (non-hydrogen) atoms. The van der Waals surface area contributed by atoms with Crippen LogP contribution in [0.4, 0.5) is 0 Å². The fourth-order valence-corrected chi connectivity index (χ4v) is 2.11. The Morgan fingerprint density at radius 1 is 1.17 bits per heavy atom. The quantitative estimate of drug-likeness (QED) is 0.669. The van der Waals surface area contributed by atoms with Gasteiger partial charge in [0.2, 0.25) is 0 Å². The van der Waals surface area contributed by atoms with Gasteiger partial charge in [-0.25, -0.2) is 5.43 Å². The van der Waals surface area contributed by atoms with Gasteiger partial charge < -0.3 is 4.74 Å². The van der Waals surface area contributed by atoms with E-state index in [0.29, 0.717) is 10.8 Å². The minimum absolute atomic E-state index is 0.105. The number of benzene rings is 2. The molecular formula is C18H19ClN2O2. The molecule has 2 aromatic carbocycles. The average molecular weight is 331 g/mol. The first-order valence-corrected chi connectivity index (χ1v) is 7.61. The topological polar surface area (TPSA) is 50.7 Å². The van der Waals surface area contributed by atoms with Gasteiger partial charge in [0.1, 0.15) is 5.75 Å². The molecule has 0 saturated heterocycles. The minimum Gasteiger partial charge on any atom is -0.484 e. The fraction of sp³-hybridized carbons (Fsp3) is 0.222. The molecule has 0 atom stereocenters. The average Bonchev–Trinajstić information content (AvgIpc) is 2.52. The molecule has 1 amide bonds. The van der Waals surface area contributed by atoms with Gasteiger partial charge in [-0.2, -0.15) is 5.10 Å². The molecule has 120 valence electrons.